The molecule has 0 bridgehead atoms. The zero-order valence-corrected chi connectivity index (χ0v) is 16.8. The zero-order chi connectivity index (χ0) is 20.5. The maximum Gasteiger partial charge on any atom is 0.277 e. The second-order valence-corrected chi connectivity index (χ2v) is 6.81. The molecule has 1 amide bonds. The molecule has 0 aliphatic rings. The summed E-state index contributed by atoms with van der Waals surface area (Å²) in [5, 5.41) is 17.3. The average Bonchev–Trinajstić information content (AvgIpc) is 3.23. The highest BCUT2D eigenvalue weighted by Crippen LogP contribution is 2.30. The van der Waals surface area contributed by atoms with E-state index >= 15 is 0 Å². The SMILES string of the molecule is CCOc1ccccc1-c1nnc(SCC(=O)N(CCC#N)c2ccccc2)o1. The summed E-state index contributed by atoms with van der Waals surface area (Å²) in [5.74, 6) is 0.993. The van der Waals surface area contributed by atoms with Crippen molar-refractivity contribution in [1.82, 2.24) is 10.2 Å². The number of thioether (sulfide) groups is 1. The summed E-state index contributed by atoms with van der Waals surface area (Å²) in [7, 11) is 0. The Morgan fingerprint density at radius 2 is 1.93 bits per heavy atom. The largest absolute Gasteiger partial charge is 0.493 e. The van der Waals surface area contributed by atoms with Gasteiger partial charge >= 0.3 is 0 Å². The Kier molecular flexibility index (Phi) is 7.25. The molecule has 148 valence electrons. The molecule has 7 nitrogen and oxygen atoms in total. The van der Waals surface area contributed by atoms with Gasteiger partial charge in [-0.3, -0.25) is 4.79 Å². The summed E-state index contributed by atoms with van der Waals surface area (Å²) in [6.45, 7) is 2.76. The maximum atomic E-state index is 12.7. The molecule has 0 saturated carbocycles. The fourth-order valence-electron chi connectivity index (χ4n) is 2.67. The van der Waals surface area contributed by atoms with Crippen molar-refractivity contribution in [3.8, 4) is 23.3 Å². The lowest BCUT2D eigenvalue weighted by atomic mass is 10.2. The van der Waals surface area contributed by atoms with Crippen molar-refractivity contribution in [1.29, 1.82) is 5.26 Å². The van der Waals surface area contributed by atoms with Gasteiger partial charge in [0, 0.05) is 12.2 Å². The molecular weight excluding hydrogens is 388 g/mol. The minimum Gasteiger partial charge on any atom is -0.493 e. The van der Waals surface area contributed by atoms with Crippen molar-refractivity contribution in [3.05, 3.63) is 54.6 Å². The van der Waals surface area contributed by atoms with Crippen molar-refractivity contribution in [2.24, 2.45) is 0 Å². The molecule has 0 saturated heterocycles. The molecule has 1 aromatic heterocycles. The number of hydrogen-bond acceptors (Lipinski definition) is 7. The molecule has 3 aromatic rings. The van der Waals surface area contributed by atoms with E-state index < -0.39 is 0 Å². The molecule has 3 rings (SSSR count). The van der Waals surface area contributed by atoms with Crippen LogP contribution in [0, 0.1) is 11.3 Å². The van der Waals surface area contributed by atoms with Crippen LogP contribution in [0.5, 0.6) is 5.75 Å². The van der Waals surface area contributed by atoms with E-state index in [9.17, 15) is 4.79 Å². The van der Waals surface area contributed by atoms with Gasteiger partial charge in [0.25, 0.3) is 11.1 Å². The van der Waals surface area contributed by atoms with Crippen LogP contribution in [0.3, 0.4) is 0 Å². The van der Waals surface area contributed by atoms with Gasteiger partial charge in [-0.25, -0.2) is 0 Å². The van der Waals surface area contributed by atoms with E-state index in [0.29, 0.717) is 35.6 Å². The number of nitriles is 1. The van der Waals surface area contributed by atoms with Crippen LogP contribution in [0.1, 0.15) is 13.3 Å². The highest BCUT2D eigenvalue weighted by atomic mass is 32.2. The molecule has 0 spiro atoms. The smallest absolute Gasteiger partial charge is 0.277 e. The number of rotatable bonds is 9. The summed E-state index contributed by atoms with van der Waals surface area (Å²) in [6, 6.07) is 18.8. The first-order valence-electron chi connectivity index (χ1n) is 9.13. The quantitative estimate of drug-likeness (QED) is 0.491. The van der Waals surface area contributed by atoms with E-state index in [2.05, 4.69) is 16.3 Å². The Morgan fingerprint density at radius 1 is 1.17 bits per heavy atom. The first-order valence-corrected chi connectivity index (χ1v) is 10.1. The molecule has 2 aromatic carbocycles. The number of carbonyl (C=O) groups is 1. The van der Waals surface area contributed by atoms with E-state index in [-0.39, 0.29) is 18.1 Å². The molecule has 1 heterocycles. The van der Waals surface area contributed by atoms with Crippen molar-refractivity contribution >= 4 is 23.4 Å². The Morgan fingerprint density at radius 3 is 2.69 bits per heavy atom. The topological polar surface area (TPSA) is 92.3 Å². The molecule has 0 aliphatic carbocycles. The molecule has 0 atom stereocenters. The first-order chi connectivity index (χ1) is 14.2. The second-order valence-electron chi connectivity index (χ2n) is 5.88. The second kappa shape index (κ2) is 10.3. The average molecular weight is 408 g/mol. The third-order valence-corrected chi connectivity index (χ3v) is 4.76. The van der Waals surface area contributed by atoms with Crippen LogP contribution in [-0.4, -0.2) is 35.0 Å². The molecule has 0 aliphatic heterocycles. The monoisotopic (exact) mass is 408 g/mol. The van der Waals surface area contributed by atoms with E-state index in [1.807, 2.05) is 61.5 Å². The Hall–Kier alpha value is -3.31. The summed E-state index contributed by atoms with van der Waals surface area (Å²) in [6.07, 6.45) is 0.254. The van der Waals surface area contributed by atoms with Crippen LogP contribution in [0.15, 0.2) is 64.2 Å². The number of carbonyl (C=O) groups excluding carboxylic acids is 1. The van der Waals surface area contributed by atoms with E-state index in [4.69, 9.17) is 14.4 Å². The van der Waals surface area contributed by atoms with Crippen LogP contribution in [0.4, 0.5) is 5.69 Å². The molecule has 29 heavy (non-hydrogen) atoms. The summed E-state index contributed by atoms with van der Waals surface area (Å²) in [5.41, 5.74) is 1.46. The van der Waals surface area contributed by atoms with Crippen molar-refractivity contribution < 1.29 is 13.9 Å². The number of amides is 1. The van der Waals surface area contributed by atoms with Crippen molar-refractivity contribution in [2.75, 3.05) is 23.8 Å². The third kappa shape index (κ3) is 5.36. The molecule has 0 radical (unpaired) electrons. The number of benzene rings is 2. The highest BCUT2D eigenvalue weighted by molar-refractivity contribution is 7.99. The Balaban J connectivity index is 1.68. The van der Waals surface area contributed by atoms with Gasteiger partial charge in [-0.2, -0.15) is 5.26 Å². The van der Waals surface area contributed by atoms with Gasteiger partial charge in [0.2, 0.25) is 5.91 Å². The fraction of sp³-hybridized carbons (Fsp3) is 0.238. The van der Waals surface area contributed by atoms with Gasteiger partial charge in [0.1, 0.15) is 5.75 Å². The van der Waals surface area contributed by atoms with Gasteiger partial charge in [-0.1, -0.05) is 42.1 Å². The van der Waals surface area contributed by atoms with Gasteiger partial charge in [0.15, 0.2) is 0 Å². The normalized spacial score (nSPS) is 10.3. The lowest BCUT2D eigenvalue weighted by Gasteiger charge is -2.21. The number of nitrogens with zero attached hydrogens (tertiary/aromatic N) is 4. The number of ether oxygens (including phenoxy) is 1. The lowest BCUT2D eigenvalue weighted by Crippen LogP contribution is -2.33. The number of aromatic nitrogens is 2. The predicted molar refractivity (Wildman–Crippen MR) is 111 cm³/mol. The molecule has 0 unspecified atom stereocenters. The summed E-state index contributed by atoms with van der Waals surface area (Å²) >= 11 is 1.16. The predicted octanol–water partition coefficient (Wildman–Crippen LogP) is 4.17. The number of hydrogen-bond donors (Lipinski definition) is 0. The summed E-state index contributed by atoms with van der Waals surface area (Å²) < 4.78 is 11.3. The minimum absolute atomic E-state index is 0.120. The summed E-state index contributed by atoms with van der Waals surface area (Å²) in [4.78, 5) is 14.3. The Bertz CT molecular complexity index is 985. The third-order valence-electron chi connectivity index (χ3n) is 3.96. The van der Waals surface area contributed by atoms with Crippen LogP contribution in [0.2, 0.25) is 0 Å². The minimum atomic E-state index is -0.133. The van der Waals surface area contributed by atoms with E-state index in [1.165, 1.54) is 0 Å². The van der Waals surface area contributed by atoms with Crippen molar-refractivity contribution in [3.63, 3.8) is 0 Å². The zero-order valence-electron chi connectivity index (χ0n) is 15.9. The van der Waals surface area contributed by atoms with Gasteiger partial charge in [-0.15, -0.1) is 10.2 Å². The Labute approximate surface area is 173 Å². The molecular formula is C21H20N4O3S. The van der Waals surface area contributed by atoms with Crippen molar-refractivity contribution in [2.45, 2.75) is 18.6 Å². The van der Waals surface area contributed by atoms with Crippen LogP contribution in [0.25, 0.3) is 11.5 Å². The number of para-hydroxylation sites is 2. The standard InChI is InChI=1S/C21H20N4O3S/c1-2-27-18-12-7-6-11-17(18)20-23-24-21(28-20)29-15-19(26)25(14-8-13-22)16-9-4-3-5-10-16/h3-7,9-12H,2,8,14-15H2,1H3. The van der Waals surface area contributed by atoms with Crippen LogP contribution in [-0.2, 0) is 4.79 Å². The van der Waals surface area contributed by atoms with Crippen LogP contribution < -0.4 is 9.64 Å². The highest BCUT2D eigenvalue weighted by Gasteiger charge is 2.18. The number of anilines is 1. The van der Waals surface area contributed by atoms with Gasteiger partial charge in [0.05, 0.1) is 30.4 Å². The maximum absolute atomic E-state index is 12.7. The van der Waals surface area contributed by atoms with E-state index in [0.717, 1.165) is 17.4 Å². The molecule has 8 heteroatoms. The van der Waals surface area contributed by atoms with E-state index in [1.54, 1.807) is 4.90 Å². The first kappa shape index (κ1) is 20.4. The van der Waals surface area contributed by atoms with Gasteiger partial charge < -0.3 is 14.1 Å². The lowest BCUT2D eigenvalue weighted by molar-refractivity contribution is -0.116. The molecule has 0 fully saturated rings. The molecule has 0 N–H and O–H groups in total. The van der Waals surface area contributed by atoms with Gasteiger partial charge in [-0.05, 0) is 31.2 Å². The van der Waals surface area contributed by atoms with Crippen LogP contribution >= 0.6 is 11.8 Å². The fourth-order valence-corrected chi connectivity index (χ4v) is 3.31.